The fourth-order valence-electron chi connectivity index (χ4n) is 2.24. The van der Waals surface area contributed by atoms with Crippen molar-refractivity contribution in [2.24, 2.45) is 4.99 Å². The van der Waals surface area contributed by atoms with Gasteiger partial charge in [0.05, 0.1) is 17.5 Å². The molecule has 1 saturated heterocycles. The molecule has 0 unspecified atom stereocenters. The van der Waals surface area contributed by atoms with Crippen molar-refractivity contribution in [2.75, 3.05) is 23.1 Å². The van der Waals surface area contributed by atoms with E-state index in [2.05, 4.69) is 22.4 Å². The molecule has 2 heterocycles. The van der Waals surface area contributed by atoms with Crippen molar-refractivity contribution in [3.63, 3.8) is 0 Å². The summed E-state index contributed by atoms with van der Waals surface area (Å²) in [7, 11) is -2.87. The summed E-state index contributed by atoms with van der Waals surface area (Å²) in [6.07, 6.45) is 2.04. The van der Waals surface area contributed by atoms with Crippen LogP contribution in [-0.2, 0) is 9.84 Å². The maximum Gasteiger partial charge on any atom is 0.161 e. The first-order valence-electron chi connectivity index (χ1n) is 5.92. The van der Waals surface area contributed by atoms with E-state index in [-0.39, 0.29) is 22.8 Å². The fraction of sp³-hybridized carbons (Fsp3) is 0.417. The Morgan fingerprint density at radius 1 is 1.42 bits per heavy atom. The maximum atomic E-state index is 11.5. The first-order valence-corrected chi connectivity index (χ1v) is 9.84. The molecule has 0 aromatic heterocycles. The van der Waals surface area contributed by atoms with E-state index >= 15 is 0 Å². The minimum Gasteiger partial charge on any atom is -0.335 e. The molecular formula is C12H14N2O2S3. The number of aliphatic imine (C=N–C) groups is 1. The normalized spacial score (nSPS) is 27.9. The molecule has 4 nitrogen and oxygen atoms in total. The highest BCUT2D eigenvalue weighted by atomic mass is 32.2. The van der Waals surface area contributed by atoms with Crippen LogP contribution >= 0.6 is 23.5 Å². The van der Waals surface area contributed by atoms with Gasteiger partial charge in [0.15, 0.2) is 15.0 Å². The Balaban J connectivity index is 1.72. The van der Waals surface area contributed by atoms with Gasteiger partial charge in [-0.1, -0.05) is 17.8 Å². The smallest absolute Gasteiger partial charge is 0.161 e. The molecule has 2 aliphatic heterocycles. The van der Waals surface area contributed by atoms with Crippen LogP contribution in [0.5, 0.6) is 0 Å². The molecule has 102 valence electrons. The second kappa shape index (κ2) is 5.03. The zero-order chi connectivity index (χ0) is 13.5. The Hall–Kier alpha value is -0.660. The second-order valence-corrected chi connectivity index (χ2v) is 8.85. The van der Waals surface area contributed by atoms with Crippen LogP contribution in [0.1, 0.15) is 0 Å². The number of hydrogen-bond acceptors (Lipinski definition) is 6. The highest BCUT2D eigenvalue weighted by Crippen LogP contribution is 2.34. The monoisotopic (exact) mass is 314 g/mol. The van der Waals surface area contributed by atoms with Crippen molar-refractivity contribution in [2.45, 2.75) is 16.2 Å². The van der Waals surface area contributed by atoms with Crippen molar-refractivity contribution >= 4 is 44.2 Å². The largest absolute Gasteiger partial charge is 0.335 e. The average molecular weight is 314 g/mol. The average Bonchev–Trinajstić information content (AvgIpc) is 2.82. The van der Waals surface area contributed by atoms with Gasteiger partial charge in [-0.25, -0.2) is 8.42 Å². The molecule has 0 saturated carbocycles. The minimum absolute atomic E-state index is 0.0683. The summed E-state index contributed by atoms with van der Waals surface area (Å²) in [4.78, 5) is 5.67. The van der Waals surface area contributed by atoms with Gasteiger partial charge >= 0.3 is 0 Å². The SMILES string of the molecule is CSc1cccc(NC2=N[C@H]3CS(=O)(=O)C[C@@H]3S2)c1. The fourth-order valence-corrected chi connectivity index (χ4v) is 6.38. The predicted molar refractivity (Wildman–Crippen MR) is 83.1 cm³/mol. The third-order valence-electron chi connectivity index (χ3n) is 3.14. The molecule has 2 aliphatic rings. The van der Waals surface area contributed by atoms with Gasteiger partial charge < -0.3 is 5.32 Å². The number of benzene rings is 1. The lowest BCUT2D eigenvalue weighted by Crippen LogP contribution is -2.13. The predicted octanol–water partition coefficient (Wildman–Crippen LogP) is 2.09. The van der Waals surface area contributed by atoms with Crippen molar-refractivity contribution in [1.29, 1.82) is 0 Å². The Labute approximate surface area is 121 Å². The van der Waals surface area contributed by atoms with Crippen LogP contribution in [0.4, 0.5) is 5.69 Å². The molecule has 1 fully saturated rings. The Morgan fingerprint density at radius 2 is 2.26 bits per heavy atom. The van der Waals surface area contributed by atoms with Gasteiger partial charge in [0.1, 0.15) is 0 Å². The topological polar surface area (TPSA) is 58.5 Å². The van der Waals surface area contributed by atoms with E-state index in [0.717, 1.165) is 10.9 Å². The van der Waals surface area contributed by atoms with Gasteiger partial charge in [-0.2, -0.15) is 0 Å². The summed E-state index contributed by atoms with van der Waals surface area (Å²) in [5.41, 5.74) is 1.00. The van der Waals surface area contributed by atoms with Crippen LogP contribution in [0.15, 0.2) is 34.2 Å². The number of thioether (sulfide) groups is 2. The summed E-state index contributed by atoms with van der Waals surface area (Å²) in [6.45, 7) is 0. The molecule has 7 heteroatoms. The number of nitrogens with one attached hydrogen (secondary N) is 1. The van der Waals surface area contributed by atoms with E-state index < -0.39 is 9.84 Å². The first kappa shape index (κ1) is 13.3. The summed E-state index contributed by atoms with van der Waals surface area (Å²) >= 11 is 3.24. The summed E-state index contributed by atoms with van der Waals surface area (Å²) in [6, 6.07) is 8.05. The number of nitrogens with zero attached hydrogens (tertiary/aromatic N) is 1. The van der Waals surface area contributed by atoms with E-state index in [1.54, 1.807) is 23.5 Å². The Morgan fingerprint density at radius 3 is 3.00 bits per heavy atom. The van der Waals surface area contributed by atoms with Crippen LogP contribution < -0.4 is 5.32 Å². The zero-order valence-corrected chi connectivity index (χ0v) is 12.8. The highest BCUT2D eigenvalue weighted by Gasteiger charge is 2.42. The molecule has 3 rings (SSSR count). The number of hydrogen-bond donors (Lipinski definition) is 1. The molecule has 0 aliphatic carbocycles. The lowest BCUT2D eigenvalue weighted by molar-refractivity contribution is 0.601. The summed E-state index contributed by atoms with van der Waals surface area (Å²) < 4.78 is 23.0. The molecule has 0 bridgehead atoms. The van der Waals surface area contributed by atoms with E-state index in [1.807, 2.05) is 18.4 Å². The van der Waals surface area contributed by atoms with Gasteiger partial charge in [-0.15, -0.1) is 11.8 Å². The van der Waals surface area contributed by atoms with Crippen LogP contribution in [0.2, 0.25) is 0 Å². The highest BCUT2D eigenvalue weighted by molar-refractivity contribution is 8.15. The quantitative estimate of drug-likeness (QED) is 0.847. The molecule has 2 atom stereocenters. The molecule has 0 spiro atoms. The number of rotatable bonds is 2. The van der Waals surface area contributed by atoms with E-state index in [0.29, 0.717) is 0 Å². The van der Waals surface area contributed by atoms with Crippen molar-refractivity contribution in [3.05, 3.63) is 24.3 Å². The van der Waals surface area contributed by atoms with E-state index in [4.69, 9.17) is 0 Å². The van der Waals surface area contributed by atoms with Crippen LogP contribution in [-0.4, -0.2) is 42.6 Å². The number of amidine groups is 1. The van der Waals surface area contributed by atoms with Gasteiger partial charge in [0, 0.05) is 15.8 Å². The summed E-state index contributed by atoms with van der Waals surface area (Å²) in [5.74, 6) is 0.447. The molecule has 0 radical (unpaired) electrons. The standard InChI is InChI=1S/C12H14N2O2S3/c1-17-9-4-2-3-8(5-9)13-12-14-10-6-19(15,16)7-11(10)18-12/h2-5,10-11H,6-7H2,1H3,(H,13,14)/t10-,11-/m0/s1. The Kier molecular flexibility index (Phi) is 3.53. The van der Waals surface area contributed by atoms with Gasteiger partial charge in [0.2, 0.25) is 0 Å². The van der Waals surface area contributed by atoms with Crippen LogP contribution in [0, 0.1) is 0 Å². The number of anilines is 1. The first-order chi connectivity index (χ1) is 9.05. The minimum atomic E-state index is -2.87. The zero-order valence-electron chi connectivity index (χ0n) is 10.4. The lowest BCUT2D eigenvalue weighted by atomic mass is 10.3. The van der Waals surface area contributed by atoms with Crippen LogP contribution in [0.25, 0.3) is 0 Å². The van der Waals surface area contributed by atoms with E-state index in [9.17, 15) is 8.42 Å². The molecule has 0 amide bonds. The Bertz CT molecular complexity index is 628. The molecule has 19 heavy (non-hydrogen) atoms. The van der Waals surface area contributed by atoms with Gasteiger partial charge in [-0.05, 0) is 24.5 Å². The third-order valence-corrected chi connectivity index (χ3v) is 7.01. The maximum absolute atomic E-state index is 11.5. The molecular weight excluding hydrogens is 300 g/mol. The van der Waals surface area contributed by atoms with E-state index in [1.165, 1.54) is 4.90 Å². The van der Waals surface area contributed by atoms with Crippen LogP contribution in [0.3, 0.4) is 0 Å². The number of fused-ring (bicyclic) bond motifs is 1. The van der Waals surface area contributed by atoms with Gasteiger partial charge in [-0.3, -0.25) is 4.99 Å². The van der Waals surface area contributed by atoms with Crippen molar-refractivity contribution < 1.29 is 8.42 Å². The summed E-state index contributed by atoms with van der Waals surface area (Å²) in [5, 5.41) is 4.21. The van der Waals surface area contributed by atoms with Crippen molar-refractivity contribution in [3.8, 4) is 0 Å². The molecule has 1 aromatic carbocycles. The molecule has 1 N–H and O–H groups in total. The van der Waals surface area contributed by atoms with Gasteiger partial charge in [0.25, 0.3) is 0 Å². The third kappa shape index (κ3) is 2.93. The lowest BCUT2D eigenvalue weighted by Gasteiger charge is -2.07. The molecule has 1 aromatic rings. The van der Waals surface area contributed by atoms with Crippen molar-refractivity contribution in [1.82, 2.24) is 0 Å². The number of sulfone groups is 1. The second-order valence-electron chi connectivity index (χ2n) is 4.59.